The zero-order valence-corrected chi connectivity index (χ0v) is 8.91. The molecule has 0 fully saturated rings. The number of pyridine rings is 1. The van der Waals surface area contributed by atoms with Gasteiger partial charge in [-0.1, -0.05) is 25.2 Å². The van der Waals surface area contributed by atoms with Crippen molar-refractivity contribution < 1.29 is 0 Å². The first kappa shape index (κ1) is 9.20. The van der Waals surface area contributed by atoms with Crippen molar-refractivity contribution in [3.63, 3.8) is 0 Å². The smallest absolute Gasteiger partial charge is 0.0704 e. The van der Waals surface area contributed by atoms with E-state index in [0.29, 0.717) is 5.92 Å². The number of nitrogens with zero attached hydrogens (tertiary/aromatic N) is 1. The Hall–Kier alpha value is -1.37. The quantitative estimate of drug-likeness (QED) is 0.654. The Labute approximate surface area is 85.2 Å². The minimum Gasteiger partial charge on any atom is -0.253 e. The topological polar surface area (TPSA) is 12.9 Å². The van der Waals surface area contributed by atoms with Crippen LogP contribution in [0.2, 0.25) is 0 Å². The SMILES string of the molecule is Cc1cc(C)nc(C2=CC(C)C=C2)c1. The Balaban J connectivity index is 2.42. The van der Waals surface area contributed by atoms with Crippen molar-refractivity contribution >= 4 is 5.57 Å². The van der Waals surface area contributed by atoms with Crippen LogP contribution in [0.5, 0.6) is 0 Å². The molecule has 1 heteroatoms. The molecular weight excluding hydrogens is 170 g/mol. The Bertz CT molecular complexity index is 393. The van der Waals surface area contributed by atoms with Crippen molar-refractivity contribution in [1.82, 2.24) is 4.98 Å². The van der Waals surface area contributed by atoms with E-state index in [1.807, 2.05) is 6.92 Å². The third-order valence-electron chi connectivity index (χ3n) is 2.42. The largest absolute Gasteiger partial charge is 0.253 e. The van der Waals surface area contributed by atoms with E-state index in [4.69, 9.17) is 0 Å². The van der Waals surface area contributed by atoms with Crippen LogP contribution in [-0.2, 0) is 0 Å². The van der Waals surface area contributed by atoms with E-state index < -0.39 is 0 Å². The van der Waals surface area contributed by atoms with Crippen LogP contribution < -0.4 is 0 Å². The number of rotatable bonds is 1. The number of aryl methyl sites for hydroxylation is 2. The average Bonchev–Trinajstić information content (AvgIpc) is 2.50. The molecule has 0 saturated carbocycles. The highest BCUT2D eigenvalue weighted by atomic mass is 14.7. The van der Waals surface area contributed by atoms with Crippen LogP contribution in [0.1, 0.15) is 23.9 Å². The van der Waals surface area contributed by atoms with E-state index in [1.165, 1.54) is 11.1 Å². The molecular formula is C13H15N. The summed E-state index contributed by atoms with van der Waals surface area (Å²) in [6, 6.07) is 4.24. The van der Waals surface area contributed by atoms with Gasteiger partial charge in [-0.3, -0.25) is 4.98 Å². The molecule has 0 N–H and O–H groups in total. The summed E-state index contributed by atoms with van der Waals surface area (Å²) in [5.41, 5.74) is 4.72. The van der Waals surface area contributed by atoms with Gasteiger partial charge in [0.2, 0.25) is 0 Å². The highest BCUT2D eigenvalue weighted by Crippen LogP contribution is 2.24. The van der Waals surface area contributed by atoms with Crippen molar-refractivity contribution in [2.24, 2.45) is 5.92 Å². The first-order valence-electron chi connectivity index (χ1n) is 5.01. The maximum Gasteiger partial charge on any atom is 0.0704 e. The first-order valence-corrected chi connectivity index (χ1v) is 5.01. The second kappa shape index (κ2) is 3.41. The zero-order valence-electron chi connectivity index (χ0n) is 8.91. The standard InChI is InChI=1S/C13H15N/c1-9-4-5-12(7-9)13-8-10(2)6-11(3)14-13/h4-9H,1-3H3. The van der Waals surface area contributed by atoms with Crippen molar-refractivity contribution in [2.75, 3.05) is 0 Å². The maximum absolute atomic E-state index is 4.53. The van der Waals surface area contributed by atoms with E-state index in [0.717, 1.165) is 11.4 Å². The fourth-order valence-corrected chi connectivity index (χ4v) is 1.81. The molecule has 0 spiro atoms. The van der Waals surface area contributed by atoms with Crippen LogP contribution >= 0.6 is 0 Å². The fraction of sp³-hybridized carbons (Fsp3) is 0.308. The Morgan fingerprint density at radius 3 is 2.57 bits per heavy atom. The molecule has 0 amide bonds. The number of allylic oxidation sites excluding steroid dienone is 4. The molecule has 1 aliphatic carbocycles. The first-order chi connectivity index (χ1) is 6.65. The predicted octanol–water partition coefficient (Wildman–Crippen LogP) is 3.29. The summed E-state index contributed by atoms with van der Waals surface area (Å²) in [7, 11) is 0. The van der Waals surface area contributed by atoms with Crippen molar-refractivity contribution in [1.29, 1.82) is 0 Å². The monoisotopic (exact) mass is 185 g/mol. The van der Waals surface area contributed by atoms with Gasteiger partial charge in [0.25, 0.3) is 0 Å². The summed E-state index contributed by atoms with van der Waals surface area (Å²) in [5, 5.41) is 0. The highest BCUT2D eigenvalue weighted by molar-refractivity contribution is 5.74. The molecule has 0 aliphatic heterocycles. The number of hydrogen-bond acceptors (Lipinski definition) is 1. The third kappa shape index (κ3) is 1.77. The van der Waals surface area contributed by atoms with Gasteiger partial charge in [-0.25, -0.2) is 0 Å². The molecule has 1 atom stereocenters. The lowest BCUT2D eigenvalue weighted by Crippen LogP contribution is -1.91. The maximum atomic E-state index is 4.53. The Kier molecular flexibility index (Phi) is 2.24. The van der Waals surface area contributed by atoms with Crippen LogP contribution in [0, 0.1) is 19.8 Å². The molecule has 1 aromatic rings. The summed E-state index contributed by atoms with van der Waals surface area (Å²) in [6.45, 7) is 6.34. The van der Waals surface area contributed by atoms with Gasteiger partial charge < -0.3 is 0 Å². The predicted molar refractivity (Wildman–Crippen MR) is 60.0 cm³/mol. The van der Waals surface area contributed by atoms with E-state index in [9.17, 15) is 0 Å². The molecule has 1 unspecified atom stereocenters. The van der Waals surface area contributed by atoms with Crippen LogP contribution in [0.3, 0.4) is 0 Å². The lowest BCUT2D eigenvalue weighted by molar-refractivity contribution is 0.959. The van der Waals surface area contributed by atoms with Gasteiger partial charge in [0.1, 0.15) is 0 Å². The molecule has 1 nitrogen and oxygen atoms in total. The molecule has 0 aromatic carbocycles. The summed E-state index contributed by atoms with van der Waals surface area (Å²) >= 11 is 0. The van der Waals surface area contributed by atoms with E-state index >= 15 is 0 Å². The number of hydrogen-bond donors (Lipinski definition) is 0. The highest BCUT2D eigenvalue weighted by Gasteiger charge is 2.08. The van der Waals surface area contributed by atoms with Gasteiger partial charge >= 0.3 is 0 Å². The molecule has 1 aliphatic rings. The Morgan fingerprint density at radius 2 is 2.00 bits per heavy atom. The normalized spacial score (nSPS) is 19.9. The van der Waals surface area contributed by atoms with E-state index in [-0.39, 0.29) is 0 Å². The summed E-state index contributed by atoms with van der Waals surface area (Å²) in [4.78, 5) is 4.53. The van der Waals surface area contributed by atoms with E-state index in [1.54, 1.807) is 0 Å². The van der Waals surface area contributed by atoms with E-state index in [2.05, 4.69) is 49.2 Å². The van der Waals surface area contributed by atoms with Crippen LogP contribution in [0.4, 0.5) is 0 Å². The van der Waals surface area contributed by atoms with Crippen LogP contribution in [0.25, 0.3) is 5.57 Å². The Morgan fingerprint density at radius 1 is 1.21 bits per heavy atom. The minimum absolute atomic E-state index is 0.549. The molecule has 14 heavy (non-hydrogen) atoms. The second-order valence-electron chi connectivity index (χ2n) is 4.01. The van der Waals surface area contributed by atoms with Crippen LogP contribution in [-0.4, -0.2) is 4.98 Å². The lowest BCUT2D eigenvalue weighted by Gasteiger charge is -2.03. The van der Waals surface area contributed by atoms with Gasteiger partial charge in [0.05, 0.1) is 5.69 Å². The van der Waals surface area contributed by atoms with Crippen molar-refractivity contribution in [3.05, 3.63) is 47.3 Å². The van der Waals surface area contributed by atoms with Gasteiger partial charge in [-0.2, -0.15) is 0 Å². The lowest BCUT2D eigenvalue weighted by atomic mass is 10.1. The molecule has 72 valence electrons. The molecule has 1 aromatic heterocycles. The molecule has 1 heterocycles. The summed E-state index contributed by atoms with van der Waals surface area (Å²) in [6.07, 6.45) is 6.61. The second-order valence-corrected chi connectivity index (χ2v) is 4.01. The average molecular weight is 185 g/mol. The summed E-state index contributed by atoms with van der Waals surface area (Å²) in [5.74, 6) is 0.549. The van der Waals surface area contributed by atoms with Gasteiger partial charge in [0.15, 0.2) is 0 Å². The van der Waals surface area contributed by atoms with Crippen LogP contribution in [0.15, 0.2) is 30.4 Å². The van der Waals surface area contributed by atoms with Gasteiger partial charge in [0, 0.05) is 5.69 Å². The molecule has 0 radical (unpaired) electrons. The molecule has 2 rings (SSSR count). The van der Waals surface area contributed by atoms with Crippen molar-refractivity contribution in [3.8, 4) is 0 Å². The molecule has 0 bridgehead atoms. The van der Waals surface area contributed by atoms with Gasteiger partial charge in [-0.05, 0) is 43.0 Å². The molecule has 0 saturated heterocycles. The summed E-state index contributed by atoms with van der Waals surface area (Å²) < 4.78 is 0. The minimum atomic E-state index is 0.549. The zero-order chi connectivity index (χ0) is 10.1. The third-order valence-corrected chi connectivity index (χ3v) is 2.42. The van der Waals surface area contributed by atoms with Gasteiger partial charge in [-0.15, -0.1) is 0 Å². The fourth-order valence-electron chi connectivity index (χ4n) is 1.81. The van der Waals surface area contributed by atoms with Crippen molar-refractivity contribution in [2.45, 2.75) is 20.8 Å². The number of aromatic nitrogens is 1.